The summed E-state index contributed by atoms with van der Waals surface area (Å²) >= 11 is 2.13. The van der Waals surface area contributed by atoms with E-state index >= 15 is 0 Å². The Morgan fingerprint density at radius 1 is 1.50 bits per heavy atom. The predicted octanol–water partition coefficient (Wildman–Crippen LogP) is 0.400. The number of hydrogen-bond acceptors (Lipinski definition) is 7. The molecule has 18 heavy (non-hydrogen) atoms. The van der Waals surface area contributed by atoms with Gasteiger partial charge >= 0.3 is 5.97 Å². The number of carbonyl (C=O) groups is 1. The molecular weight excluding hydrogens is 298 g/mol. The monoisotopic (exact) mass is 309 g/mol. The molecule has 2 heterocycles. The number of aromatic carboxylic acids is 1. The zero-order valence-electron chi connectivity index (χ0n) is 9.36. The van der Waals surface area contributed by atoms with E-state index in [2.05, 4.69) is 4.98 Å². The summed E-state index contributed by atoms with van der Waals surface area (Å²) in [7, 11) is -3.19. The Labute approximate surface area is 112 Å². The maximum absolute atomic E-state index is 11.3. The zero-order chi connectivity index (χ0) is 13.5. The van der Waals surface area contributed by atoms with Crippen molar-refractivity contribution in [3.05, 3.63) is 10.6 Å². The van der Waals surface area contributed by atoms with Gasteiger partial charge < -0.3 is 10.2 Å². The zero-order valence-corrected chi connectivity index (χ0v) is 11.8. The Kier molecular flexibility index (Phi) is 3.67. The Morgan fingerprint density at radius 2 is 2.17 bits per heavy atom. The van der Waals surface area contributed by atoms with Gasteiger partial charge in [0.15, 0.2) is 14.2 Å². The fourth-order valence-corrected chi connectivity index (χ4v) is 6.44. The topological polar surface area (TPSA) is 105 Å². The van der Waals surface area contributed by atoms with Crippen LogP contribution >= 0.6 is 23.1 Å². The van der Waals surface area contributed by atoms with Crippen LogP contribution in [0.25, 0.3) is 0 Å². The third-order valence-corrected chi connectivity index (χ3v) is 6.98. The molecule has 1 aliphatic rings. The van der Waals surface area contributed by atoms with Crippen LogP contribution in [0, 0.1) is 6.92 Å². The number of sulfone groups is 1. The van der Waals surface area contributed by atoms with Gasteiger partial charge in [-0.3, -0.25) is 0 Å². The molecule has 1 saturated heterocycles. The number of aromatic nitrogens is 1. The lowest BCUT2D eigenvalue weighted by atomic mass is 10.3. The molecule has 0 aromatic carbocycles. The molecule has 1 fully saturated rings. The van der Waals surface area contributed by atoms with Crippen molar-refractivity contribution in [3.8, 4) is 0 Å². The highest BCUT2D eigenvalue weighted by Crippen LogP contribution is 2.34. The number of carboxylic acids is 1. The Bertz CT molecular complexity index is 579. The van der Waals surface area contributed by atoms with Gasteiger partial charge in [-0.25, -0.2) is 18.2 Å². The molecule has 1 aromatic heterocycles. The van der Waals surface area contributed by atoms with E-state index in [1.165, 1.54) is 0 Å². The first kappa shape index (κ1) is 13.8. The van der Waals surface area contributed by atoms with Gasteiger partial charge in [0.25, 0.3) is 0 Å². The van der Waals surface area contributed by atoms with Crippen molar-refractivity contribution in [1.29, 1.82) is 0 Å². The number of aryl methyl sites for hydroxylation is 1. The average Bonchev–Trinajstić information content (AvgIpc) is 2.68. The standard InChI is InChI=1S/C9H11NO5S3/c1-4-7(8(12)13)17-9(10-4)16-6-3-18(14,15)2-5(6)11/h5-6,11H,2-3H2,1H3,(H,12,13). The van der Waals surface area contributed by atoms with Crippen molar-refractivity contribution in [3.63, 3.8) is 0 Å². The lowest BCUT2D eigenvalue weighted by Gasteiger charge is -2.08. The van der Waals surface area contributed by atoms with E-state index in [-0.39, 0.29) is 16.4 Å². The molecule has 0 spiro atoms. The second-order valence-electron chi connectivity index (χ2n) is 4.00. The number of thioether (sulfide) groups is 1. The Balaban J connectivity index is 2.16. The van der Waals surface area contributed by atoms with Gasteiger partial charge in [0.2, 0.25) is 0 Å². The van der Waals surface area contributed by atoms with Crippen molar-refractivity contribution in [1.82, 2.24) is 4.98 Å². The minimum absolute atomic E-state index is 0.0974. The van der Waals surface area contributed by atoms with Gasteiger partial charge in [-0.15, -0.1) is 11.3 Å². The number of hydrogen-bond donors (Lipinski definition) is 2. The van der Waals surface area contributed by atoms with Crippen LogP contribution in [-0.4, -0.2) is 52.4 Å². The quantitative estimate of drug-likeness (QED) is 0.832. The first-order valence-electron chi connectivity index (χ1n) is 5.04. The summed E-state index contributed by atoms with van der Waals surface area (Å²) in [6.45, 7) is 1.59. The molecule has 0 aliphatic carbocycles. The summed E-state index contributed by atoms with van der Waals surface area (Å²) in [5.41, 5.74) is 0.408. The Morgan fingerprint density at radius 3 is 2.61 bits per heavy atom. The first-order valence-corrected chi connectivity index (χ1v) is 8.56. The average molecular weight is 309 g/mol. The summed E-state index contributed by atoms with van der Waals surface area (Å²) in [6, 6.07) is 0. The first-order chi connectivity index (χ1) is 8.28. The van der Waals surface area contributed by atoms with Crippen LogP contribution in [0.1, 0.15) is 15.4 Å². The van der Waals surface area contributed by atoms with Crippen molar-refractivity contribution in [2.75, 3.05) is 11.5 Å². The second-order valence-corrected chi connectivity index (χ2v) is 8.64. The van der Waals surface area contributed by atoms with Gasteiger partial charge in [-0.2, -0.15) is 0 Å². The van der Waals surface area contributed by atoms with Gasteiger partial charge in [-0.1, -0.05) is 11.8 Å². The van der Waals surface area contributed by atoms with E-state index in [9.17, 15) is 18.3 Å². The number of aliphatic hydroxyl groups excluding tert-OH is 1. The number of thiazole rings is 1. The molecule has 9 heteroatoms. The van der Waals surface area contributed by atoms with Gasteiger partial charge in [0, 0.05) is 0 Å². The summed E-state index contributed by atoms with van der Waals surface area (Å²) in [5.74, 6) is -1.38. The summed E-state index contributed by atoms with van der Waals surface area (Å²) in [5, 5.41) is 18.1. The molecule has 2 unspecified atom stereocenters. The van der Waals surface area contributed by atoms with Crippen molar-refractivity contribution < 1.29 is 23.4 Å². The van der Waals surface area contributed by atoms with Crippen molar-refractivity contribution in [2.45, 2.75) is 22.6 Å². The SMILES string of the molecule is Cc1nc(SC2CS(=O)(=O)CC2O)sc1C(=O)O. The van der Waals surface area contributed by atoms with Crippen LogP contribution in [-0.2, 0) is 9.84 Å². The van der Waals surface area contributed by atoms with E-state index in [0.717, 1.165) is 23.1 Å². The third kappa shape index (κ3) is 2.85. The molecule has 1 aromatic rings. The highest BCUT2D eigenvalue weighted by Gasteiger charge is 2.37. The molecule has 2 atom stereocenters. The fourth-order valence-electron chi connectivity index (χ4n) is 1.66. The van der Waals surface area contributed by atoms with E-state index in [1.54, 1.807) is 6.92 Å². The molecule has 0 bridgehead atoms. The smallest absolute Gasteiger partial charge is 0.347 e. The lowest BCUT2D eigenvalue weighted by molar-refractivity contribution is 0.0701. The van der Waals surface area contributed by atoms with Crippen LogP contribution in [0.4, 0.5) is 0 Å². The molecule has 1 aliphatic heterocycles. The molecule has 6 nitrogen and oxygen atoms in total. The number of aliphatic hydroxyl groups is 1. The number of nitrogens with zero attached hydrogens (tertiary/aromatic N) is 1. The number of rotatable bonds is 3. The summed E-state index contributed by atoms with van der Waals surface area (Å²) in [4.78, 5) is 15.1. The molecule has 2 rings (SSSR count). The molecule has 0 saturated carbocycles. The lowest BCUT2D eigenvalue weighted by Crippen LogP contribution is -2.19. The van der Waals surface area contributed by atoms with Gasteiger partial charge in [0.05, 0.1) is 28.6 Å². The van der Waals surface area contributed by atoms with Crippen LogP contribution in [0.3, 0.4) is 0 Å². The van der Waals surface area contributed by atoms with Crippen LogP contribution in [0.15, 0.2) is 4.34 Å². The van der Waals surface area contributed by atoms with E-state index in [4.69, 9.17) is 5.11 Å². The second kappa shape index (κ2) is 4.80. The fraction of sp³-hybridized carbons (Fsp3) is 0.556. The van der Waals surface area contributed by atoms with E-state index in [1.807, 2.05) is 0 Å². The normalized spacial score (nSPS) is 26.3. The maximum atomic E-state index is 11.3. The third-order valence-electron chi connectivity index (χ3n) is 2.50. The largest absolute Gasteiger partial charge is 0.477 e. The van der Waals surface area contributed by atoms with Crippen LogP contribution < -0.4 is 0 Å². The highest BCUT2D eigenvalue weighted by molar-refractivity contribution is 8.03. The molecular formula is C9H11NO5S3. The molecule has 2 N–H and O–H groups in total. The minimum atomic E-state index is -3.19. The van der Waals surface area contributed by atoms with Crippen molar-refractivity contribution >= 4 is 38.9 Å². The van der Waals surface area contributed by atoms with Crippen LogP contribution in [0.2, 0.25) is 0 Å². The number of carboxylic acid groups (broad SMARTS) is 1. The summed E-state index contributed by atoms with van der Waals surface area (Å²) < 4.78 is 23.2. The van der Waals surface area contributed by atoms with Gasteiger partial charge in [0.1, 0.15) is 4.88 Å². The molecule has 100 valence electrons. The van der Waals surface area contributed by atoms with Gasteiger partial charge in [-0.05, 0) is 6.92 Å². The molecule has 0 radical (unpaired) electrons. The summed E-state index contributed by atoms with van der Waals surface area (Å²) in [6.07, 6.45) is -0.919. The van der Waals surface area contributed by atoms with Crippen LogP contribution in [0.5, 0.6) is 0 Å². The minimum Gasteiger partial charge on any atom is -0.477 e. The van der Waals surface area contributed by atoms with E-state index < -0.39 is 27.2 Å². The predicted molar refractivity (Wildman–Crippen MR) is 68.1 cm³/mol. The molecule has 0 amide bonds. The maximum Gasteiger partial charge on any atom is 0.347 e. The highest BCUT2D eigenvalue weighted by atomic mass is 32.2. The van der Waals surface area contributed by atoms with Crippen molar-refractivity contribution in [2.24, 2.45) is 0 Å². The van der Waals surface area contributed by atoms with E-state index in [0.29, 0.717) is 10.0 Å². The Hall–Kier alpha value is -0.640.